The molecule has 0 bridgehead atoms. The molecule has 0 amide bonds. The van der Waals surface area contributed by atoms with Gasteiger partial charge in [0, 0.05) is 19.5 Å². The van der Waals surface area contributed by atoms with Crippen molar-refractivity contribution in [2.75, 3.05) is 20.1 Å². The third kappa shape index (κ3) is 5.83. The van der Waals surface area contributed by atoms with E-state index in [-0.39, 0.29) is 18.2 Å². The van der Waals surface area contributed by atoms with Crippen LogP contribution in [0.3, 0.4) is 0 Å². The van der Waals surface area contributed by atoms with Crippen LogP contribution in [0.4, 0.5) is 4.39 Å². The third-order valence-corrected chi connectivity index (χ3v) is 3.15. The minimum atomic E-state index is -0.755. The molecular weight excluding hydrogens is 245 g/mol. The van der Waals surface area contributed by atoms with E-state index in [0.29, 0.717) is 5.56 Å². The van der Waals surface area contributed by atoms with Gasteiger partial charge in [-0.15, -0.1) is 0 Å². The lowest BCUT2D eigenvalue weighted by atomic mass is 10.1. The summed E-state index contributed by atoms with van der Waals surface area (Å²) in [4.78, 5) is 12.7. The molecule has 1 aromatic rings. The van der Waals surface area contributed by atoms with Crippen LogP contribution < -0.4 is 0 Å². The topological polar surface area (TPSA) is 40.5 Å². The SMILES string of the molecule is Cc1cc(CCN(C)CC(C)CC(=O)O)ccc1F. The van der Waals surface area contributed by atoms with E-state index in [2.05, 4.69) is 4.90 Å². The molecule has 0 aliphatic heterocycles. The molecule has 0 saturated carbocycles. The number of nitrogens with zero attached hydrogens (tertiary/aromatic N) is 1. The fraction of sp³-hybridized carbons (Fsp3) is 0.533. The van der Waals surface area contributed by atoms with Gasteiger partial charge in [0.1, 0.15) is 5.82 Å². The molecule has 0 saturated heterocycles. The first-order valence-electron chi connectivity index (χ1n) is 6.54. The van der Waals surface area contributed by atoms with Crippen molar-refractivity contribution in [2.24, 2.45) is 5.92 Å². The number of carbonyl (C=O) groups is 1. The maximum absolute atomic E-state index is 13.1. The van der Waals surface area contributed by atoms with Gasteiger partial charge in [0.15, 0.2) is 0 Å². The quantitative estimate of drug-likeness (QED) is 0.825. The Morgan fingerprint density at radius 2 is 2.16 bits per heavy atom. The van der Waals surface area contributed by atoms with Crippen LogP contribution in [0.5, 0.6) is 0 Å². The molecule has 19 heavy (non-hydrogen) atoms. The number of aliphatic carboxylic acids is 1. The molecule has 106 valence electrons. The van der Waals surface area contributed by atoms with E-state index in [1.165, 1.54) is 6.07 Å². The van der Waals surface area contributed by atoms with E-state index in [1.54, 1.807) is 13.0 Å². The predicted molar refractivity (Wildman–Crippen MR) is 73.8 cm³/mol. The Bertz CT molecular complexity index is 434. The van der Waals surface area contributed by atoms with Crippen molar-refractivity contribution in [1.29, 1.82) is 0 Å². The van der Waals surface area contributed by atoms with Gasteiger partial charge in [-0.05, 0) is 43.5 Å². The van der Waals surface area contributed by atoms with Gasteiger partial charge in [0.05, 0.1) is 0 Å². The maximum Gasteiger partial charge on any atom is 0.303 e. The van der Waals surface area contributed by atoms with Crippen LogP contribution in [-0.4, -0.2) is 36.1 Å². The van der Waals surface area contributed by atoms with Gasteiger partial charge < -0.3 is 10.0 Å². The zero-order valence-corrected chi connectivity index (χ0v) is 11.8. The molecule has 0 fully saturated rings. The van der Waals surface area contributed by atoms with Crippen LogP contribution in [0.1, 0.15) is 24.5 Å². The maximum atomic E-state index is 13.1. The van der Waals surface area contributed by atoms with Crippen molar-refractivity contribution in [3.63, 3.8) is 0 Å². The molecule has 0 radical (unpaired) electrons. The Morgan fingerprint density at radius 3 is 2.74 bits per heavy atom. The number of aryl methyl sites for hydroxylation is 1. The molecular formula is C15H22FNO2. The second kappa shape index (κ2) is 7.24. The van der Waals surface area contributed by atoms with Crippen molar-refractivity contribution >= 4 is 5.97 Å². The Labute approximate surface area is 114 Å². The first-order chi connectivity index (χ1) is 8.88. The van der Waals surface area contributed by atoms with E-state index in [0.717, 1.165) is 25.1 Å². The summed E-state index contributed by atoms with van der Waals surface area (Å²) in [5, 5.41) is 8.71. The number of hydrogen-bond donors (Lipinski definition) is 1. The van der Waals surface area contributed by atoms with E-state index < -0.39 is 5.97 Å². The molecule has 3 nitrogen and oxygen atoms in total. The number of hydrogen-bond acceptors (Lipinski definition) is 2. The van der Waals surface area contributed by atoms with Crippen molar-refractivity contribution in [3.05, 3.63) is 35.1 Å². The number of benzene rings is 1. The van der Waals surface area contributed by atoms with Crippen molar-refractivity contribution in [3.8, 4) is 0 Å². The standard InChI is InChI=1S/C15H22FNO2/c1-11(8-15(18)19)10-17(3)7-6-13-4-5-14(16)12(2)9-13/h4-5,9,11H,6-8,10H2,1-3H3,(H,18,19). The van der Waals surface area contributed by atoms with Crippen LogP contribution in [0.2, 0.25) is 0 Å². The van der Waals surface area contributed by atoms with Crippen LogP contribution in [0.25, 0.3) is 0 Å². The van der Waals surface area contributed by atoms with E-state index >= 15 is 0 Å². The highest BCUT2D eigenvalue weighted by Crippen LogP contribution is 2.11. The average molecular weight is 267 g/mol. The Hall–Kier alpha value is -1.42. The summed E-state index contributed by atoms with van der Waals surface area (Å²) in [6.07, 6.45) is 1.04. The second-order valence-electron chi connectivity index (χ2n) is 5.30. The van der Waals surface area contributed by atoms with Gasteiger partial charge >= 0.3 is 5.97 Å². The lowest BCUT2D eigenvalue weighted by molar-refractivity contribution is -0.138. The molecule has 0 aliphatic carbocycles. The van der Waals surface area contributed by atoms with Crippen molar-refractivity contribution in [1.82, 2.24) is 4.90 Å². The summed E-state index contributed by atoms with van der Waals surface area (Å²) in [6.45, 7) is 5.30. The zero-order valence-electron chi connectivity index (χ0n) is 11.8. The lowest BCUT2D eigenvalue weighted by Crippen LogP contribution is -2.27. The normalized spacial score (nSPS) is 12.7. The van der Waals surface area contributed by atoms with E-state index in [4.69, 9.17) is 5.11 Å². The van der Waals surface area contributed by atoms with Gasteiger partial charge in [-0.2, -0.15) is 0 Å². The first-order valence-corrected chi connectivity index (χ1v) is 6.54. The highest BCUT2D eigenvalue weighted by Gasteiger charge is 2.10. The highest BCUT2D eigenvalue weighted by molar-refractivity contribution is 5.66. The molecule has 4 heteroatoms. The molecule has 1 atom stereocenters. The number of rotatable bonds is 7. The monoisotopic (exact) mass is 267 g/mol. The fourth-order valence-corrected chi connectivity index (χ4v) is 2.17. The summed E-state index contributed by atoms with van der Waals surface area (Å²) in [6, 6.07) is 5.17. The van der Waals surface area contributed by atoms with Crippen LogP contribution in [-0.2, 0) is 11.2 Å². The molecule has 0 aliphatic rings. The smallest absolute Gasteiger partial charge is 0.303 e. The number of carboxylic acid groups (broad SMARTS) is 1. The van der Waals surface area contributed by atoms with Gasteiger partial charge in [-0.3, -0.25) is 4.79 Å². The molecule has 1 rings (SSSR count). The summed E-state index contributed by atoms with van der Waals surface area (Å²) in [7, 11) is 1.98. The van der Waals surface area contributed by atoms with Gasteiger partial charge in [-0.1, -0.05) is 19.1 Å². The first kappa shape index (κ1) is 15.6. The summed E-state index contributed by atoms with van der Waals surface area (Å²) < 4.78 is 13.1. The van der Waals surface area contributed by atoms with Gasteiger partial charge in [0.25, 0.3) is 0 Å². The predicted octanol–water partition coefficient (Wildman–Crippen LogP) is 2.72. The lowest BCUT2D eigenvalue weighted by Gasteiger charge is -2.20. The van der Waals surface area contributed by atoms with Crippen LogP contribution in [0, 0.1) is 18.7 Å². The average Bonchev–Trinajstić information content (AvgIpc) is 2.29. The van der Waals surface area contributed by atoms with E-state index in [1.807, 2.05) is 20.0 Å². The molecule has 1 aromatic carbocycles. The summed E-state index contributed by atoms with van der Waals surface area (Å²) in [5.74, 6) is -0.792. The van der Waals surface area contributed by atoms with Gasteiger partial charge in [-0.25, -0.2) is 4.39 Å². The zero-order chi connectivity index (χ0) is 14.4. The minimum absolute atomic E-state index is 0.137. The Kier molecular flexibility index (Phi) is 5.96. The third-order valence-electron chi connectivity index (χ3n) is 3.15. The van der Waals surface area contributed by atoms with Crippen LogP contribution in [0.15, 0.2) is 18.2 Å². The molecule has 0 spiro atoms. The summed E-state index contributed by atoms with van der Waals surface area (Å²) in [5.41, 5.74) is 1.77. The number of likely N-dealkylation sites (N-methyl/N-ethyl adjacent to an activating group) is 1. The Balaban J connectivity index is 2.39. The van der Waals surface area contributed by atoms with Crippen LogP contribution >= 0.6 is 0 Å². The van der Waals surface area contributed by atoms with E-state index in [9.17, 15) is 9.18 Å². The Morgan fingerprint density at radius 1 is 1.47 bits per heavy atom. The largest absolute Gasteiger partial charge is 0.481 e. The van der Waals surface area contributed by atoms with Crippen molar-refractivity contribution in [2.45, 2.75) is 26.7 Å². The fourth-order valence-electron chi connectivity index (χ4n) is 2.17. The summed E-state index contributed by atoms with van der Waals surface area (Å²) >= 11 is 0. The minimum Gasteiger partial charge on any atom is -0.481 e. The molecule has 0 heterocycles. The van der Waals surface area contributed by atoms with Crippen molar-refractivity contribution < 1.29 is 14.3 Å². The molecule has 0 aromatic heterocycles. The van der Waals surface area contributed by atoms with Gasteiger partial charge in [0.2, 0.25) is 0 Å². The molecule has 1 N–H and O–H groups in total. The second-order valence-corrected chi connectivity index (χ2v) is 5.30. The highest BCUT2D eigenvalue weighted by atomic mass is 19.1. The number of halogens is 1. The molecule has 1 unspecified atom stereocenters. The number of carboxylic acids is 1.